The normalized spacial score (nSPS) is 12.4. The molecule has 1 rings (SSSR count). The third kappa shape index (κ3) is 3.61. The van der Waals surface area contributed by atoms with Gasteiger partial charge in [0.25, 0.3) is 5.56 Å². The van der Waals surface area contributed by atoms with Crippen molar-refractivity contribution in [2.24, 2.45) is 0 Å². The molecule has 0 bridgehead atoms. The summed E-state index contributed by atoms with van der Waals surface area (Å²) in [6.45, 7) is 1.78. The maximum Gasteiger partial charge on any atom is 0.304 e. The zero-order valence-corrected chi connectivity index (χ0v) is 8.37. The molecule has 1 unspecified atom stereocenters. The van der Waals surface area contributed by atoms with Crippen molar-refractivity contribution in [2.45, 2.75) is 23.6 Å². The Balaban J connectivity index is 2.60. The minimum atomic E-state index is -0.852. The molecule has 5 nitrogen and oxygen atoms in total. The maximum absolute atomic E-state index is 10.9. The molecule has 0 saturated carbocycles. The average molecular weight is 214 g/mol. The van der Waals surface area contributed by atoms with Crippen LogP contribution < -0.4 is 5.56 Å². The lowest BCUT2D eigenvalue weighted by molar-refractivity contribution is -0.136. The van der Waals surface area contributed by atoms with Crippen LogP contribution in [-0.4, -0.2) is 26.3 Å². The zero-order valence-electron chi connectivity index (χ0n) is 7.56. The van der Waals surface area contributed by atoms with Crippen LogP contribution in [0.4, 0.5) is 0 Å². The van der Waals surface area contributed by atoms with E-state index in [1.54, 1.807) is 6.92 Å². The summed E-state index contributed by atoms with van der Waals surface area (Å²) < 4.78 is 0. The van der Waals surface area contributed by atoms with Gasteiger partial charge in [0.15, 0.2) is 0 Å². The number of aromatic amines is 1. The Bertz CT molecular complexity index is 377. The van der Waals surface area contributed by atoms with E-state index in [4.69, 9.17) is 5.11 Å². The van der Waals surface area contributed by atoms with Crippen molar-refractivity contribution in [2.75, 3.05) is 0 Å². The van der Waals surface area contributed by atoms with Crippen LogP contribution in [0, 0.1) is 0 Å². The molecule has 0 saturated heterocycles. The van der Waals surface area contributed by atoms with Crippen LogP contribution in [0.1, 0.15) is 13.3 Å². The molecule has 0 aromatic carbocycles. The summed E-state index contributed by atoms with van der Waals surface area (Å²) in [6, 6.07) is 1.35. The van der Waals surface area contributed by atoms with Crippen LogP contribution in [0.3, 0.4) is 0 Å². The van der Waals surface area contributed by atoms with Crippen LogP contribution in [-0.2, 0) is 4.79 Å². The first-order chi connectivity index (χ1) is 6.58. The number of hydrogen-bond acceptors (Lipinski definition) is 4. The van der Waals surface area contributed by atoms with Gasteiger partial charge in [-0.15, -0.1) is 11.8 Å². The van der Waals surface area contributed by atoms with Gasteiger partial charge in [-0.3, -0.25) is 9.59 Å². The van der Waals surface area contributed by atoms with Crippen LogP contribution in [0.5, 0.6) is 0 Å². The Kier molecular flexibility index (Phi) is 3.70. The summed E-state index contributed by atoms with van der Waals surface area (Å²) in [5.74, 6) is -0.852. The van der Waals surface area contributed by atoms with Gasteiger partial charge in [0.05, 0.1) is 12.7 Å². The van der Waals surface area contributed by atoms with Gasteiger partial charge in [-0.2, -0.15) is 0 Å². The lowest BCUT2D eigenvalue weighted by Gasteiger charge is -2.05. The van der Waals surface area contributed by atoms with Crippen molar-refractivity contribution < 1.29 is 9.90 Å². The highest BCUT2D eigenvalue weighted by atomic mass is 32.2. The molecule has 2 N–H and O–H groups in total. The summed E-state index contributed by atoms with van der Waals surface area (Å²) in [4.78, 5) is 27.5. The van der Waals surface area contributed by atoms with E-state index in [-0.39, 0.29) is 17.2 Å². The smallest absolute Gasteiger partial charge is 0.304 e. The summed E-state index contributed by atoms with van der Waals surface area (Å²) in [7, 11) is 0. The Morgan fingerprint density at radius 2 is 2.50 bits per heavy atom. The van der Waals surface area contributed by atoms with Gasteiger partial charge in [0.1, 0.15) is 5.03 Å². The second-order valence-corrected chi connectivity index (χ2v) is 4.23. The first-order valence-electron chi connectivity index (χ1n) is 4.01. The number of carboxylic acid groups (broad SMARTS) is 1. The number of hydrogen-bond donors (Lipinski definition) is 2. The quantitative estimate of drug-likeness (QED) is 0.570. The Morgan fingerprint density at radius 3 is 3.07 bits per heavy atom. The van der Waals surface area contributed by atoms with Gasteiger partial charge in [-0.1, -0.05) is 6.92 Å². The highest BCUT2D eigenvalue weighted by Crippen LogP contribution is 2.21. The number of nitrogens with one attached hydrogen (secondary N) is 1. The third-order valence-electron chi connectivity index (χ3n) is 1.44. The van der Waals surface area contributed by atoms with E-state index in [1.165, 1.54) is 24.2 Å². The van der Waals surface area contributed by atoms with Crippen molar-refractivity contribution in [3.63, 3.8) is 0 Å². The molecule has 6 heteroatoms. The minimum absolute atomic E-state index is 0.0547. The SMILES string of the molecule is CC(CC(=O)O)Sc1cc(=O)[nH]cn1. The molecule has 0 aliphatic carbocycles. The molecule has 0 spiro atoms. The molecule has 0 aliphatic rings. The molecule has 76 valence electrons. The Hall–Kier alpha value is -1.30. The summed E-state index contributed by atoms with van der Waals surface area (Å²) in [6.07, 6.45) is 1.36. The summed E-state index contributed by atoms with van der Waals surface area (Å²) >= 11 is 1.27. The highest BCUT2D eigenvalue weighted by molar-refractivity contribution is 7.99. The molecule has 1 aromatic heterocycles. The fourth-order valence-corrected chi connectivity index (χ4v) is 1.84. The summed E-state index contributed by atoms with van der Waals surface area (Å²) in [5.41, 5.74) is -0.231. The van der Waals surface area contributed by atoms with E-state index < -0.39 is 5.97 Å². The van der Waals surface area contributed by atoms with E-state index in [0.29, 0.717) is 5.03 Å². The largest absolute Gasteiger partial charge is 0.481 e. The van der Waals surface area contributed by atoms with Crippen LogP contribution in [0.25, 0.3) is 0 Å². The number of rotatable bonds is 4. The van der Waals surface area contributed by atoms with E-state index >= 15 is 0 Å². The van der Waals surface area contributed by atoms with Crippen LogP contribution in [0.2, 0.25) is 0 Å². The molecular weight excluding hydrogens is 204 g/mol. The zero-order chi connectivity index (χ0) is 10.6. The standard InChI is InChI=1S/C8H10N2O3S/c1-5(2-8(12)13)14-7-3-6(11)9-4-10-7/h3-5H,2H2,1H3,(H,12,13)(H,9,10,11). The van der Waals surface area contributed by atoms with E-state index in [2.05, 4.69) is 9.97 Å². The number of aliphatic carboxylic acids is 1. The van der Waals surface area contributed by atoms with Crippen LogP contribution in [0.15, 0.2) is 22.2 Å². The first-order valence-corrected chi connectivity index (χ1v) is 4.89. The molecule has 0 radical (unpaired) electrons. The Labute approximate surface area is 84.6 Å². The fraction of sp³-hybridized carbons (Fsp3) is 0.375. The highest BCUT2D eigenvalue weighted by Gasteiger charge is 2.09. The monoisotopic (exact) mass is 214 g/mol. The number of H-pyrrole nitrogens is 1. The average Bonchev–Trinajstić information content (AvgIpc) is 2.01. The topological polar surface area (TPSA) is 83.0 Å². The number of aromatic nitrogens is 2. The molecule has 0 fully saturated rings. The van der Waals surface area contributed by atoms with Gasteiger partial charge in [-0.05, 0) is 0 Å². The van der Waals surface area contributed by atoms with Gasteiger partial charge in [0, 0.05) is 11.3 Å². The molecule has 1 aromatic rings. The lowest BCUT2D eigenvalue weighted by Crippen LogP contribution is -2.08. The van der Waals surface area contributed by atoms with E-state index in [0.717, 1.165) is 0 Å². The molecule has 0 amide bonds. The van der Waals surface area contributed by atoms with Gasteiger partial charge in [-0.25, -0.2) is 4.98 Å². The number of thioether (sulfide) groups is 1. The van der Waals surface area contributed by atoms with E-state index in [1.807, 2.05) is 0 Å². The summed E-state index contributed by atoms with van der Waals surface area (Å²) in [5, 5.41) is 8.96. The predicted octanol–water partition coefficient (Wildman–Crippen LogP) is 0.725. The minimum Gasteiger partial charge on any atom is -0.481 e. The molecule has 0 aliphatic heterocycles. The second kappa shape index (κ2) is 4.80. The first kappa shape index (κ1) is 10.8. The van der Waals surface area contributed by atoms with E-state index in [9.17, 15) is 9.59 Å². The number of carboxylic acids is 1. The van der Waals surface area contributed by atoms with Crippen molar-refractivity contribution in [1.82, 2.24) is 9.97 Å². The molecule has 1 heterocycles. The van der Waals surface area contributed by atoms with Gasteiger partial charge in [0.2, 0.25) is 0 Å². The second-order valence-electron chi connectivity index (χ2n) is 2.78. The number of carbonyl (C=O) groups is 1. The lowest BCUT2D eigenvalue weighted by atomic mass is 10.3. The fourth-order valence-electron chi connectivity index (χ4n) is 0.909. The third-order valence-corrected chi connectivity index (χ3v) is 2.47. The molecular formula is C8H10N2O3S. The van der Waals surface area contributed by atoms with Crippen molar-refractivity contribution in [3.05, 3.63) is 22.7 Å². The van der Waals surface area contributed by atoms with Crippen LogP contribution >= 0.6 is 11.8 Å². The molecule has 14 heavy (non-hydrogen) atoms. The predicted molar refractivity (Wildman–Crippen MR) is 52.4 cm³/mol. The van der Waals surface area contributed by atoms with Gasteiger partial charge >= 0.3 is 5.97 Å². The van der Waals surface area contributed by atoms with Crippen molar-refractivity contribution >= 4 is 17.7 Å². The van der Waals surface area contributed by atoms with Gasteiger partial charge < -0.3 is 10.1 Å². The van der Waals surface area contributed by atoms with Crippen molar-refractivity contribution in [1.29, 1.82) is 0 Å². The number of nitrogens with zero attached hydrogens (tertiary/aromatic N) is 1. The molecule has 1 atom stereocenters. The van der Waals surface area contributed by atoms with Crippen molar-refractivity contribution in [3.8, 4) is 0 Å². The Morgan fingerprint density at radius 1 is 1.79 bits per heavy atom. The maximum atomic E-state index is 10.9.